The zero-order valence-electron chi connectivity index (χ0n) is 14.7. The van der Waals surface area contributed by atoms with Gasteiger partial charge in [0.15, 0.2) is 0 Å². The Hall–Kier alpha value is -3.36. The molecule has 2 aromatic carbocycles. The number of nitriles is 1. The van der Waals surface area contributed by atoms with E-state index in [2.05, 4.69) is 16.2 Å². The molecule has 0 spiro atoms. The highest BCUT2D eigenvalue weighted by molar-refractivity contribution is 6.30. The number of rotatable bonds is 2. The van der Waals surface area contributed by atoms with Crippen LogP contribution in [0.25, 0.3) is 28.0 Å². The van der Waals surface area contributed by atoms with Crippen molar-refractivity contribution in [3.8, 4) is 28.5 Å². The number of nitrogens with zero attached hydrogens (tertiary/aromatic N) is 3. The smallest absolute Gasteiger partial charge is 0.251 e. The van der Waals surface area contributed by atoms with Crippen molar-refractivity contribution in [1.29, 1.82) is 5.26 Å². The highest BCUT2D eigenvalue weighted by Gasteiger charge is 2.17. The summed E-state index contributed by atoms with van der Waals surface area (Å²) in [4.78, 5) is 15.3. The van der Waals surface area contributed by atoms with Gasteiger partial charge in [-0.2, -0.15) is 10.4 Å². The lowest BCUT2D eigenvalue weighted by atomic mass is 10.0. The largest absolute Gasteiger partial charge is 0.306 e. The summed E-state index contributed by atoms with van der Waals surface area (Å²) in [6.45, 7) is 3.82. The van der Waals surface area contributed by atoms with E-state index < -0.39 is 0 Å². The summed E-state index contributed by atoms with van der Waals surface area (Å²) in [6.07, 6.45) is 0. The second-order valence-electron chi connectivity index (χ2n) is 6.39. The molecule has 0 fully saturated rings. The number of aryl methyl sites for hydroxylation is 2. The molecule has 0 aliphatic rings. The third-order valence-electron chi connectivity index (χ3n) is 4.56. The van der Waals surface area contributed by atoms with Gasteiger partial charge in [0, 0.05) is 22.2 Å². The minimum Gasteiger partial charge on any atom is -0.306 e. The molecule has 0 saturated heterocycles. The van der Waals surface area contributed by atoms with E-state index in [-0.39, 0.29) is 5.56 Å². The van der Waals surface area contributed by atoms with Gasteiger partial charge in [0.1, 0.15) is 5.65 Å². The van der Waals surface area contributed by atoms with Gasteiger partial charge in [-0.15, -0.1) is 0 Å². The molecule has 0 aliphatic heterocycles. The molecule has 0 saturated carbocycles. The fourth-order valence-corrected chi connectivity index (χ4v) is 3.46. The van der Waals surface area contributed by atoms with Gasteiger partial charge in [-0.3, -0.25) is 4.79 Å². The van der Waals surface area contributed by atoms with Crippen molar-refractivity contribution in [1.82, 2.24) is 14.6 Å². The zero-order chi connectivity index (χ0) is 19.1. The van der Waals surface area contributed by atoms with Crippen LogP contribution in [0.5, 0.6) is 0 Å². The molecule has 1 N–H and O–H groups in total. The topological polar surface area (TPSA) is 73.9 Å². The molecular formula is C21H15ClN4O. The van der Waals surface area contributed by atoms with Crippen LogP contribution in [0.15, 0.2) is 53.3 Å². The van der Waals surface area contributed by atoms with E-state index in [1.165, 1.54) is 6.07 Å². The molecule has 0 bridgehead atoms. The predicted octanol–water partition coefficient (Wildman–Crippen LogP) is 4.50. The number of H-pyrrole nitrogens is 1. The van der Waals surface area contributed by atoms with Gasteiger partial charge < -0.3 is 4.98 Å². The standard InChI is InChI=1S/C21H15ClN4O/c1-12-9-14(11-23)3-8-17(12)18-10-19(27)24-21-20(13(2)25-26(18)21)15-4-6-16(22)7-5-15/h3-10H,1-2H3,(H,24,27). The summed E-state index contributed by atoms with van der Waals surface area (Å²) in [5.74, 6) is 0. The summed E-state index contributed by atoms with van der Waals surface area (Å²) >= 11 is 6.00. The van der Waals surface area contributed by atoms with Gasteiger partial charge >= 0.3 is 0 Å². The quantitative estimate of drug-likeness (QED) is 0.561. The second kappa shape index (κ2) is 6.42. The van der Waals surface area contributed by atoms with Crippen molar-refractivity contribution in [3.05, 3.63) is 80.7 Å². The number of hydrogen-bond acceptors (Lipinski definition) is 3. The van der Waals surface area contributed by atoms with E-state index in [0.717, 1.165) is 27.9 Å². The van der Waals surface area contributed by atoms with Crippen LogP contribution in [0.3, 0.4) is 0 Å². The lowest BCUT2D eigenvalue weighted by Gasteiger charge is -2.09. The number of hydrogen-bond donors (Lipinski definition) is 1. The van der Waals surface area contributed by atoms with Crippen LogP contribution in [0.4, 0.5) is 0 Å². The van der Waals surface area contributed by atoms with Gasteiger partial charge in [-0.1, -0.05) is 29.8 Å². The summed E-state index contributed by atoms with van der Waals surface area (Å²) in [7, 11) is 0. The highest BCUT2D eigenvalue weighted by atomic mass is 35.5. The van der Waals surface area contributed by atoms with Crippen LogP contribution >= 0.6 is 11.6 Å². The first kappa shape index (κ1) is 17.1. The van der Waals surface area contributed by atoms with Crippen molar-refractivity contribution in [2.75, 3.05) is 0 Å². The van der Waals surface area contributed by atoms with Crippen molar-refractivity contribution >= 4 is 17.2 Å². The molecule has 2 aromatic heterocycles. The fourth-order valence-electron chi connectivity index (χ4n) is 3.33. The third-order valence-corrected chi connectivity index (χ3v) is 4.81. The Kier molecular flexibility index (Phi) is 4.06. The Morgan fingerprint density at radius 3 is 2.52 bits per heavy atom. The molecule has 0 aliphatic carbocycles. The average molecular weight is 375 g/mol. The molecule has 132 valence electrons. The summed E-state index contributed by atoms with van der Waals surface area (Å²) in [6, 6.07) is 16.5. The van der Waals surface area contributed by atoms with Crippen LogP contribution in [-0.2, 0) is 0 Å². The number of aromatic amines is 1. The van der Waals surface area contributed by atoms with E-state index in [9.17, 15) is 4.79 Å². The fraction of sp³-hybridized carbons (Fsp3) is 0.0952. The number of aromatic nitrogens is 3. The maximum atomic E-state index is 12.4. The lowest BCUT2D eigenvalue weighted by molar-refractivity contribution is 0.917. The maximum absolute atomic E-state index is 12.4. The van der Waals surface area contributed by atoms with Crippen LogP contribution in [0, 0.1) is 25.2 Å². The Labute approximate surface area is 160 Å². The van der Waals surface area contributed by atoms with Crippen molar-refractivity contribution in [3.63, 3.8) is 0 Å². The minimum absolute atomic E-state index is 0.212. The zero-order valence-corrected chi connectivity index (χ0v) is 15.5. The number of nitrogens with one attached hydrogen (secondary N) is 1. The van der Waals surface area contributed by atoms with Gasteiger partial charge in [0.25, 0.3) is 5.56 Å². The number of fused-ring (bicyclic) bond motifs is 1. The third kappa shape index (κ3) is 2.90. The Morgan fingerprint density at radius 2 is 1.85 bits per heavy atom. The molecule has 4 aromatic rings. The number of halogens is 1. The summed E-state index contributed by atoms with van der Waals surface area (Å²) in [5, 5.41) is 14.4. The summed E-state index contributed by atoms with van der Waals surface area (Å²) in [5.41, 5.74) is 6.02. The molecule has 27 heavy (non-hydrogen) atoms. The first-order valence-electron chi connectivity index (χ1n) is 8.37. The molecule has 0 unspecified atom stereocenters. The van der Waals surface area contributed by atoms with E-state index in [0.29, 0.717) is 21.9 Å². The summed E-state index contributed by atoms with van der Waals surface area (Å²) < 4.78 is 1.75. The second-order valence-corrected chi connectivity index (χ2v) is 6.82. The van der Waals surface area contributed by atoms with Crippen LogP contribution in [0.1, 0.15) is 16.8 Å². The van der Waals surface area contributed by atoms with E-state index in [1.54, 1.807) is 16.6 Å². The molecule has 0 radical (unpaired) electrons. The molecular weight excluding hydrogens is 360 g/mol. The first-order chi connectivity index (χ1) is 13.0. The molecule has 0 amide bonds. The molecule has 2 heterocycles. The predicted molar refractivity (Wildman–Crippen MR) is 106 cm³/mol. The maximum Gasteiger partial charge on any atom is 0.251 e. The molecule has 5 nitrogen and oxygen atoms in total. The first-order valence-corrected chi connectivity index (χ1v) is 8.75. The average Bonchev–Trinajstić information content (AvgIpc) is 2.97. The van der Waals surface area contributed by atoms with E-state index in [4.69, 9.17) is 16.9 Å². The molecule has 0 atom stereocenters. The van der Waals surface area contributed by atoms with E-state index >= 15 is 0 Å². The Balaban J connectivity index is 2.02. The SMILES string of the molecule is Cc1cc(C#N)ccc1-c1cc(=O)[nH]c2c(-c3ccc(Cl)cc3)c(C)nn12. The monoisotopic (exact) mass is 374 g/mol. The van der Waals surface area contributed by atoms with Crippen LogP contribution in [-0.4, -0.2) is 14.6 Å². The number of benzene rings is 2. The highest BCUT2D eigenvalue weighted by Crippen LogP contribution is 2.31. The Bertz CT molecular complexity index is 1280. The van der Waals surface area contributed by atoms with Crippen LogP contribution < -0.4 is 5.56 Å². The van der Waals surface area contributed by atoms with Crippen molar-refractivity contribution in [2.24, 2.45) is 0 Å². The van der Waals surface area contributed by atoms with Crippen LogP contribution in [0.2, 0.25) is 5.02 Å². The Morgan fingerprint density at radius 1 is 1.11 bits per heavy atom. The van der Waals surface area contributed by atoms with Crippen molar-refractivity contribution in [2.45, 2.75) is 13.8 Å². The van der Waals surface area contributed by atoms with E-state index in [1.807, 2.05) is 44.2 Å². The minimum atomic E-state index is -0.212. The lowest BCUT2D eigenvalue weighted by Crippen LogP contribution is -2.10. The normalized spacial score (nSPS) is 10.9. The van der Waals surface area contributed by atoms with Gasteiger partial charge in [-0.05, 0) is 49.2 Å². The molecule has 6 heteroatoms. The molecule has 4 rings (SSSR count). The van der Waals surface area contributed by atoms with Gasteiger partial charge in [-0.25, -0.2) is 4.52 Å². The van der Waals surface area contributed by atoms with Gasteiger partial charge in [0.2, 0.25) is 0 Å². The van der Waals surface area contributed by atoms with Crippen molar-refractivity contribution < 1.29 is 0 Å². The van der Waals surface area contributed by atoms with Gasteiger partial charge in [0.05, 0.1) is 23.0 Å².